The van der Waals surface area contributed by atoms with Crippen LogP contribution in [0.5, 0.6) is 5.75 Å². The van der Waals surface area contributed by atoms with E-state index >= 15 is 0 Å². The molecule has 0 saturated heterocycles. The van der Waals surface area contributed by atoms with Crippen molar-refractivity contribution in [2.75, 3.05) is 6.61 Å². The Bertz CT molecular complexity index is 1150. The minimum atomic E-state index is -0.159. The van der Waals surface area contributed by atoms with Crippen LogP contribution in [0.25, 0.3) is 22.6 Å². The molecule has 1 aromatic heterocycles. The highest BCUT2D eigenvalue weighted by atomic mass is 16.5. The van der Waals surface area contributed by atoms with E-state index < -0.39 is 0 Å². The van der Waals surface area contributed by atoms with E-state index in [1.165, 1.54) is 16.7 Å². The third-order valence-corrected chi connectivity index (χ3v) is 5.40. The first-order chi connectivity index (χ1) is 15.0. The standard InChI is InChI=1S/C26H26N2O3/c1-4-19-7-11-22(12-8-19)30-16-25(29)27-15-20-5-9-21(10-6-20)26-28-23-13-17(2)18(3)14-24(23)31-26/h5-14H,4,15-16H2,1-3H3,(H,27,29). The molecule has 31 heavy (non-hydrogen) atoms. The molecule has 0 atom stereocenters. The van der Waals surface area contributed by atoms with Gasteiger partial charge in [-0.25, -0.2) is 4.98 Å². The van der Waals surface area contributed by atoms with Crippen LogP contribution in [0.2, 0.25) is 0 Å². The molecule has 158 valence electrons. The van der Waals surface area contributed by atoms with Crippen molar-refractivity contribution < 1.29 is 13.9 Å². The predicted molar refractivity (Wildman–Crippen MR) is 122 cm³/mol. The largest absolute Gasteiger partial charge is 0.484 e. The first kappa shape index (κ1) is 20.7. The van der Waals surface area contributed by atoms with Gasteiger partial charge in [0.1, 0.15) is 11.3 Å². The number of carbonyl (C=O) groups is 1. The minimum absolute atomic E-state index is 0.00864. The van der Waals surface area contributed by atoms with E-state index in [0.717, 1.165) is 28.6 Å². The average molecular weight is 415 g/mol. The SMILES string of the molecule is CCc1ccc(OCC(=O)NCc2ccc(-c3nc4cc(C)c(C)cc4o3)cc2)cc1. The molecule has 0 saturated carbocycles. The van der Waals surface area contributed by atoms with Crippen molar-refractivity contribution in [2.45, 2.75) is 33.7 Å². The third-order valence-electron chi connectivity index (χ3n) is 5.40. The quantitative estimate of drug-likeness (QED) is 0.442. The molecule has 5 nitrogen and oxygen atoms in total. The molecule has 0 aliphatic carbocycles. The fraction of sp³-hybridized carbons (Fsp3) is 0.231. The number of rotatable bonds is 7. The van der Waals surface area contributed by atoms with Crippen molar-refractivity contribution in [1.82, 2.24) is 10.3 Å². The summed E-state index contributed by atoms with van der Waals surface area (Å²) in [7, 11) is 0. The van der Waals surface area contributed by atoms with Crippen LogP contribution in [0.4, 0.5) is 0 Å². The summed E-state index contributed by atoms with van der Waals surface area (Å²) in [4.78, 5) is 16.7. The summed E-state index contributed by atoms with van der Waals surface area (Å²) in [6, 6.07) is 19.7. The summed E-state index contributed by atoms with van der Waals surface area (Å²) in [5, 5.41) is 2.88. The summed E-state index contributed by atoms with van der Waals surface area (Å²) in [5.74, 6) is 1.13. The van der Waals surface area contributed by atoms with E-state index in [4.69, 9.17) is 9.15 Å². The van der Waals surface area contributed by atoms with E-state index in [9.17, 15) is 4.79 Å². The Morgan fingerprint density at radius 3 is 2.35 bits per heavy atom. The second kappa shape index (κ2) is 9.04. The topological polar surface area (TPSA) is 64.4 Å². The molecule has 0 radical (unpaired) electrons. The van der Waals surface area contributed by atoms with Crippen molar-refractivity contribution in [2.24, 2.45) is 0 Å². The van der Waals surface area contributed by atoms with Crippen molar-refractivity contribution in [3.8, 4) is 17.2 Å². The number of aryl methyl sites for hydroxylation is 3. The number of oxazole rings is 1. The molecule has 0 fully saturated rings. The van der Waals surface area contributed by atoms with Crippen LogP contribution >= 0.6 is 0 Å². The number of nitrogens with zero attached hydrogens (tertiary/aromatic N) is 1. The highest BCUT2D eigenvalue weighted by molar-refractivity contribution is 5.78. The molecule has 3 aromatic carbocycles. The van der Waals surface area contributed by atoms with Gasteiger partial charge in [0.2, 0.25) is 5.89 Å². The van der Waals surface area contributed by atoms with Crippen molar-refractivity contribution in [3.05, 3.63) is 82.9 Å². The van der Waals surface area contributed by atoms with E-state index in [1.54, 1.807) is 0 Å². The second-order valence-corrected chi connectivity index (χ2v) is 7.68. The number of amides is 1. The smallest absolute Gasteiger partial charge is 0.258 e. The Hall–Kier alpha value is -3.60. The average Bonchev–Trinajstić information content (AvgIpc) is 3.20. The summed E-state index contributed by atoms with van der Waals surface area (Å²) in [6.45, 7) is 6.66. The normalized spacial score (nSPS) is 10.9. The lowest BCUT2D eigenvalue weighted by molar-refractivity contribution is -0.123. The van der Waals surface area contributed by atoms with Crippen LogP contribution < -0.4 is 10.1 Å². The molecule has 4 rings (SSSR count). The molecular formula is C26H26N2O3. The van der Waals surface area contributed by atoms with Gasteiger partial charge in [-0.05, 0) is 78.9 Å². The van der Waals surface area contributed by atoms with E-state index in [1.807, 2.05) is 60.7 Å². The molecule has 1 N–H and O–H groups in total. The molecule has 0 unspecified atom stereocenters. The number of hydrogen-bond acceptors (Lipinski definition) is 4. The first-order valence-corrected chi connectivity index (χ1v) is 10.5. The maximum atomic E-state index is 12.1. The Balaban J connectivity index is 1.32. The zero-order chi connectivity index (χ0) is 21.8. The Morgan fingerprint density at radius 2 is 1.65 bits per heavy atom. The summed E-state index contributed by atoms with van der Waals surface area (Å²) in [6.07, 6.45) is 0.977. The Morgan fingerprint density at radius 1 is 0.968 bits per heavy atom. The number of ether oxygens (including phenoxy) is 1. The number of carbonyl (C=O) groups excluding carboxylic acids is 1. The van der Waals surface area contributed by atoms with Crippen LogP contribution in [-0.4, -0.2) is 17.5 Å². The van der Waals surface area contributed by atoms with Gasteiger partial charge in [-0.3, -0.25) is 4.79 Å². The molecule has 1 heterocycles. The van der Waals surface area contributed by atoms with Gasteiger partial charge in [0, 0.05) is 12.1 Å². The second-order valence-electron chi connectivity index (χ2n) is 7.68. The van der Waals surface area contributed by atoms with Crippen LogP contribution in [-0.2, 0) is 17.8 Å². The molecule has 5 heteroatoms. The van der Waals surface area contributed by atoms with Crippen LogP contribution in [0.3, 0.4) is 0 Å². The van der Waals surface area contributed by atoms with E-state index in [-0.39, 0.29) is 12.5 Å². The number of benzene rings is 3. The zero-order valence-electron chi connectivity index (χ0n) is 18.1. The minimum Gasteiger partial charge on any atom is -0.484 e. The van der Waals surface area contributed by atoms with Crippen LogP contribution in [0.1, 0.15) is 29.2 Å². The van der Waals surface area contributed by atoms with Crippen LogP contribution in [0, 0.1) is 13.8 Å². The molecule has 0 aliphatic rings. The maximum absolute atomic E-state index is 12.1. The number of aromatic nitrogens is 1. The lowest BCUT2D eigenvalue weighted by Crippen LogP contribution is -2.28. The lowest BCUT2D eigenvalue weighted by atomic mass is 10.1. The molecule has 0 bridgehead atoms. The van der Waals surface area contributed by atoms with Gasteiger partial charge in [0.25, 0.3) is 5.91 Å². The highest BCUT2D eigenvalue weighted by Gasteiger charge is 2.10. The molecular weight excluding hydrogens is 388 g/mol. The Kier molecular flexibility index (Phi) is 6.03. The third kappa shape index (κ3) is 4.94. The molecule has 0 spiro atoms. The summed E-state index contributed by atoms with van der Waals surface area (Å²) >= 11 is 0. The lowest BCUT2D eigenvalue weighted by Gasteiger charge is -2.08. The van der Waals surface area contributed by atoms with Gasteiger partial charge in [-0.1, -0.05) is 31.2 Å². The number of fused-ring (bicyclic) bond motifs is 1. The number of hydrogen-bond donors (Lipinski definition) is 1. The molecule has 1 amide bonds. The molecule has 4 aromatic rings. The molecule has 0 aliphatic heterocycles. The monoisotopic (exact) mass is 414 g/mol. The van der Waals surface area contributed by atoms with Gasteiger partial charge >= 0.3 is 0 Å². The van der Waals surface area contributed by atoms with Gasteiger partial charge in [-0.2, -0.15) is 0 Å². The van der Waals surface area contributed by atoms with E-state index in [2.05, 4.69) is 31.1 Å². The van der Waals surface area contributed by atoms with Crippen molar-refractivity contribution in [1.29, 1.82) is 0 Å². The predicted octanol–water partition coefficient (Wildman–Crippen LogP) is 5.37. The highest BCUT2D eigenvalue weighted by Crippen LogP contribution is 2.26. The van der Waals surface area contributed by atoms with Gasteiger partial charge in [0.05, 0.1) is 0 Å². The van der Waals surface area contributed by atoms with Gasteiger partial charge in [0.15, 0.2) is 12.2 Å². The Labute approximate surface area is 182 Å². The fourth-order valence-electron chi connectivity index (χ4n) is 3.29. The van der Waals surface area contributed by atoms with E-state index in [0.29, 0.717) is 18.2 Å². The number of nitrogens with one attached hydrogen (secondary N) is 1. The zero-order valence-corrected chi connectivity index (χ0v) is 18.1. The first-order valence-electron chi connectivity index (χ1n) is 10.5. The van der Waals surface area contributed by atoms with Crippen molar-refractivity contribution >= 4 is 17.0 Å². The van der Waals surface area contributed by atoms with Crippen LogP contribution in [0.15, 0.2) is 65.1 Å². The summed E-state index contributed by atoms with van der Waals surface area (Å²) < 4.78 is 11.5. The van der Waals surface area contributed by atoms with Crippen molar-refractivity contribution in [3.63, 3.8) is 0 Å². The maximum Gasteiger partial charge on any atom is 0.258 e. The van der Waals surface area contributed by atoms with Gasteiger partial charge < -0.3 is 14.5 Å². The van der Waals surface area contributed by atoms with Gasteiger partial charge in [-0.15, -0.1) is 0 Å². The summed E-state index contributed by atoms with van der Waals surface area (Å²) in [5.41, 5.74) is 7.16. The fourth-order valence-corrected chi connectivity index (χ4v) is 3.29.